The number of aryl methyl sites for hydroxylation is 1. The molecule has 14 heavy (non-hydrogen) atoms. The van der Waals surface area contributed by atoms with E-state index in [1.807, 2.05) is 19.1 Å². The van der Waals surface area contributed by atoms with Crippen molar-refractivity contribution in [3.05, 3.63) is 34.3 Å². The van der Waals surface area contributed by atoms with Crippen molar-refractivity contribution >= 4 is 17.6 Å². The predicted octanol–water partition coefficient (Wildman–Crippen LogP) is 1.60. The van der Waals surface area contributed by atoms with Gasteiger partial charge in [0.1, 0.15) is 6.04 Å². The van der Waals surface area contributed by atoms with Crippen LogP contribution in [-0.2, 0) is 11.2 Å². The molecule has 0 heterocycles. The Hall–Kier alpha value is -1.06. The maximum absolute atomic E-state index is 10.5. The second kappa shape index (κ2) is 4.44. The normalized spacial score (nSPS) is 12.5. The second-order valence-electron chi connectivity index (χ2n) is 3.23. The first-order valence-corrected chi connectivity index (χ1v) is 4.62. The number of rotatable bonds is 3. The number of carboxylic acids is 1. The van der Waals surface area contributed by atoms with Crippen molar-refractivity contribution in [3.63, 3.8) is 0 Å². The zero-order chi connectivity index (χ0) is 10.7. The molecule has 1 rings (SSSR count). The van der Waals surface area contributed by atoms with E-state index >= 15 is 0 Å². The molecule has 0 fully saturated rings. The van der Waals surface area contributed by atoms with E-state index in [1.54, 1.807) is 6.07 Å². The molecule has 0 saturated heterocycles. The number of carboxylic acid groups (broad SMARTS) is 1. The minimum absolute atomic E-state index is 0.301. The zero-order valence-corrected chi connectivity index (χ0v) is 8.58. The van der Waals surface area contributed by atoms with Crippen LogP contribution in [0.5, 0.6) is 0 Å². The van der Waals surface area contributed by atoms with Crippen molar-refractivity contribution < 1.29 is 9.90 Å². The molecule has 1 aromatic rings. The summed E-state index contributed by atoms with van der Waals surface area (Å²) in [6.45, 7) is 1.89. The number of hydrogen-bond acceptors (Lipinski definition) is 2. The summed E-state index contributed by atoms with van der Waals surface area (Å²) in [4.78, 5) is 10.5. The van der Waals surface area contributed by atoms with E-state index in [9.17, 15) is 4.79 Å². The molecular formula is C10H12ClNO2. The standard InChI is InChI=1S/C10H12ClNO2/c1-6-2-3-7(4-8(6)11)5-9(12)10(13)14/h2-4,9H,5,12H2,1H3,(H,13,14)/t9-/m1/s1. The summed E-state index contributed by atoms with van der Waals surface area (Å²) < 4.78 is 0. The van der Waals surface area contributed by atoms with Gasteiger partial charge in [0.05, 0.1) is 0 Å². The Bertz CT molecular complexity index is 352. The first-order valence-electron chi connectivity index (χ1n) is 4.24. The SMILES string of the molecule is Cc1ccc(C[C@@H](N)C(=O)O)cc1Cl. The van der Waals surface area contributed by atoms with Crippen molar-refractivity contribution in [2.75, 3.05) is 0 Å². The zero-order valence-electron chi connectivity index (χ0n) is 7.83. The highest BCUT2D eigenvalue weighted by atomic mass is 35.5. The molecular weight excluding hydrogens is 202 g/mol. The van der Waals surface area contributed by atoms with E-state index in [0.717, 1.165) is 11.1 Å². The third-order valence-corrected chi connectivity index (χ3v) is 2.42. The fourth-order valence-corrected chi connectivity index (χ4v) is 1.31. The van der Waals surface area contributed by atoms with E-state index in [0.29, 0.717) is 11.4 Å². The Morgan fingerprint density at radius 3 is 2.79 bits per heavy atom. The Morgan fingerprint density at radius 2 is 2.29 bits per heavy atom. The quantitative estimate of drug-likeness (QED) is 0.802. The summed E-state index contributed by atoms with van der Waals surface area (Å²) in [5.74, 6) is -0.998. The first kappa shape index (κ1) is 11.0. The van der Waals surface area contributed by atoms with Crippen molar-refractivity contribution in [1.82, 2.24) is 0 Å². The number of aliphatic carboxylic acids is 1. The third kappa shape index (κ3) is 2.72. The lowest BCUT2D eigenvalue weighted by molar-refractivity contribution is -0.138. The van der Waals surface area contributed by atoms with Crippen molar-refractivity contribution in [2.24, 2.45) is 5.73 Å². The van der Waals surface area contributed by atoms with Crippen molar-refractivity contribution in [3.8, 4) is 0 Å². The number of nitrogens with two attached hydrogens (primary N) is 1. The van der Waals surface area contributed by atoms with Crippen LogP contribution in [0, 0.1) is 6.92 Å². The molecule has 0 saturated carbocycles. The van der Waals surface area contributed by atoms with Gasteiger partial charge in [-0.25, -0.2) is 0 Å². The smallest absolute Gasteiger partial charge is 0.320 e. The first-order chi connectivity index (χ1) is 6.50. The van der Waals surface area contributed by atoms with Crippen LogP contribution in [0.15, 0.2) is 18.2 Å². The lowest BCUT2D eigenvalue weighted by Crippen LogP contribution is -2.32. The highest BCUT2D eigenvalue weighted by Crippen LogP contribution is 2.17. The number of benzene rings is 1. The van der Waals surface area contributed by atoms with Gasteiger partial charge < -0.3 is 10.8 Å². The molecule has 76 valence electrons. The predicted molar refractivity (Wildman–Crippen MR) is 55.5 cm³/mol. The van der Waals surface area contributed by atoms with Crippen LogP contribution in [0.2, 0.25) is 5.02 Å². The highest BCUT2D eigenvalue weighted by molar-refractivity contribution is 6.31. The molecule has 3 nitrogen and oxygen atoms in total. The van der Waals surface area contributed by atoms with Crippen LogP contribution in [0.4, 0.5) is 0 Å². The van der Waals surface area contributed by atoms with Crippen molar-refractivity contribution in [1.29, 1.82) is 0 Å². The molecule has 0 bridgehead atoms. The fourth-order valence-electron chi connectivity index (χ4n) is 1.10. The average Bonchev–Trinajstić information content (AvgIpc) is 2.11. The Balaban J connectivity index is 2.78. The summed E-state index contributed by atoms with van der Waals surface area (Å²) in [7, 11) is 0. The molecule has 3 N–H and O–H groups in total. The second-order valence-corrected chi connectivity index (χ2v) is 3.64. The molecule has 4 heteroatoms. The van der Waals surface area contributed by atoms with Gasteiger partial charge in [-0.05, 0) is 30.5 Å². The van der Waals surface area contributed by atoms with Gasteiger partial charge in [-0.3, -0.25) is 4.79 Å². The highest BCUT2D eigenvalue weighted by Gasteiger charge is 2.12. The summed E-state index contributed by atoms with van der Waals surface area (Å²) in [6.07, 6.45) is 0.301. The summed E-state index contributed by atoms with van der Waals surface area (Å²) in [5, 5.41) is 9.25. The van der Waals surface area contributed by atoms with Crippen LogP contribution in [0.3, 0.4) is 0 Å². The summed E-state index contributed by atoms with van der Waals surface area (Å²) in [5.41, 5.74) is 7.21. The monoisotopic (exact) mass is 213 g/mol. The average molecular weight is 214 g/mol. The van der Waals surface area contributed by atoms with Gasteiger partial charge in [-0.2, -0.15) is 0 Å². The molecule has 0 radical (unpaired) electrons. The van der Waals surface area contributed by atoms with Crippen molar-refractivity contribution in [2.45, 2.75) is 19.4 Å². The van der Waals surface area contributed by atoms with Crippen LogP contribution in [0.25, 0.3) is 0 Å². The topological polar surface area (TPSA) is 63.3 Å². The van der Waals surface area contributed by atoms with E-state index in [1.165, 1.54) is 0 Å². The van der Waals surface area contributed by atoms with Crippen LogP contribution >= 0.6 is 11.6 Å². The lowest BCUT2D eigenvalue weighted by Gasteiger charge is -2.07. The Kier molecular flexibility index (Phi) is 3.49. The number of hydrogen-bond donors (Lipinski definition) is 2. The molecule has 0 spiro atoms. The molecule has 0 aliphatic carbocycles. The molecule has 0 aliphatic rings. The van der Waals surface area contributed by atoms with Gasteiger partial charge in [-0.15, -0.1) is 0 Å². The number of carbonyl (C=O) groups is 1. The van der Waals surface area contributed by atoms with Crippen LogP contribution in [0.1, 0.15) is 11.1 Å². The van der Waals surface area contributed by atoms with Crippen LogP contribution in [-0.4, -0.2) is 17.1 Å². The molecule has 1 atom stereocenters. The van der Waals surface area contributed by atoms with E-state index in [4.69, 9.17) is 22.4 Å². The minimum Gasteiger partial charge on any atom is -0.480 e. The largest absolute Gasteiger partial charge is 0.480 e. The fraction of sp³-hybridized carbons (Fsp3) is 0.300. The summed E-state index contributed by atoms with van der Waals surface area (Å²) in [6, 6.07) is 4.57. The molecule has 0 unspecified atom stereocenters. The Morgan fingerprint density at radius 1 is 1.64 bits per heavy atom. The summed E-state index contributed by atoms with van der Waals surface area (Å²) >= 11 is 5.89. The van der Waals surface area contributed by atoms with E-state index < -0.39 is 12.0 Å². The molecule has 0 aliphatic heterocycles. The third-order valence-electron chi connectivity index (χ3n) is 2.01. The van der Waals surface area contributed by atoms with Gasteiger partial charge >= 0.3 is 5.97 Å². The minimum atomic E-state index is -0.998. The molecule has 0 amide bonds. The van der Waals surface area contributed by atoms with Gasteiger partial charge in [-0.1, -0.05) is 23.7 Å². The number of halogens is 1. The maximum Gasteiger partial charge on any atom is 0.320 e. The van der Waals surface area contributed by atoms with Crippen LogP contribution < -0.4 is 5.73 Å². The lowest BCUT2D eigenvalue weighted by atomic mass is 10.1. The van der Waals surface area contributed by atoms with Gasteiger partial charge in [0, 0.05) is 5.02 Å². The van der Waals surface area contributed by atoms with Gasteiger partial charge in [0.15, 0.2) is 0 Å². The molecule has 1 aromatic carbocycles. The van der Waals surface area contributed by atoms with E-state index in [-0.39, 0.29) is 0 Å². The van der Waals surface area contributed by atoms with E-state index in [2.05, 4.69) is 0 Å². The van der Waals surface area contributed by atoms with Gasteiger partial charge in [0.2, 0.25) is 0 Å². The Labute approximate surface area is 87.5 Å². The van der Waals surface area contributed by atoms with Gasteiger partial charge in [0.25, 0.3) is 0 Å². The molecule has 0 aromatic heterocycles. The maximum atomic E-state index is 10.5.